The molecule has 2 aromatic heterocycles. The highest BCUT2D eigenvalue weighted by molar-refractivity contribution is 5.98. The van der Waals surface area contributed by atoms with Gasteiger partial charge in [0, 0.05) is 23.4 Å². The zero-order chi connectivity index (χ0) is 14.7. The minimum atomic E-state index is -0.0712. The van der Waals surface area contributed by atoms with Crippen LogP contribution in [-0.4, -0.2) is 16.9 Å². The van der Waals surface area contributed by atoms with Crippen LogP contribution in [0.4, 0.5) is 0 Å². The van der Waals surface area contributed by atoms with Gasteiger partial charge in [-0.15, -0.1) is 0 Å². The summed E-state index contributed by atoms with van der Waals surface area (Å²) in [5.74, 6) is 0.875. The van der Waals surface area contributed by atoms with Crippen LogP contribution in [0, 0.1) is 0 Å². The van der Waals surface area contributed by atoms with Gasteiger partial charge in [-0.1, -0.05) is 18.2 Å². The number of para-hydroxylation sites is 1. The van der Waals surface area contributed by atoms with E-state index in [9.17, 15) is 4.79 Å². The topological polar surface area (TPSA) is 58.0 Å². The van der Waals surface area contributed by atoms with Crippen molar-refractivity contribution in [3.05, 3.63) is 60.2 Å². The van der Waals surface area contributed by atoms with Crippen LogP contribution in [0.2, 0.25) is 0 Å². The first-order valence-electron chi connectivity index (χ1n) is 7.13. The maximum absolute atomic E-state index is 12.2. The van der Waals surface area contributed by atoms with Crippen LogP contribution in [0.5, 0.6) is 0 Å². The molecule has 2 N–H and O–H groups in total. The number of carbonyl (C=O) groups is 1. The molecule has 0 bridgehead atoms. The molecule has 0 fully saturated rings. The number of aryl methyl sites for hydroxylation is 1. The number of aromatic amines is 1. The molecule has 0 aliphatic rings. The predicted octanol–water partition coefficient (Wildman–Crippen LogP) is 3.51. The first-order chi connectivity index (χ1) is 10.2. The lowest BCUT2D eigenvalue weighted by Crippen LogP contribution is -2.33. The summed E-state index contributed by atoms with van der Waals surface area (Å²) in [4.78, 5) is 15.4. The Morgan fingerprint density at radius 2 is 2.14 bits per heavy atom. The first kappa shape index (κ1) is 13.5. The number of amides is 1. The van der Waals surface area contributed by atoms with Crippen molar-refractivity contribution in [3.8, 4) is 0 Å². The lowest BCUT2D eigenvalue weighted by atomic mass is 10.1. The highest BCUT2D eigenvalue weighted by atomic mass is 16.3. The van der Waals surface area contributed by atoms with Gasteiger partial charge in [0.05, 0.1) is 6.26 Å². The molecule has 4 nitrogen and oxygen atoms in total. The van der Waals surface area contributed by atoms with Crippen LogP contribution in [0.3, 0.4) is 0 Å². The molecule has 4 heteroatoms. The lowest BCUT2D eigenvalue weighted by Gasteiger charge is -2.12. The maximum atomic E-state index is 12.2. The Labute approximate surface area is 123 Å². The summed E-state index contributed by atoms with van der Waals surface area (Å²) >= 11 is 0. The summed E-state index contributed by atoms with van der Waals surface area (Å²) in [5, 5.41) is 4.05. The van der Waals surface area contributed by atoms with E-state index in [4.69, 9.17) is 4.42 Å². The summed E-state index contributed by atoms with van der Waals surface area (Å²) < 4.78 is 5.29. The zero-order valence-electron chi connectivity index (χ0n) is 11.9. The zero-order valence-corrected chi connectivity index (χ0v) is 11.9. The number of carbonyl (C=O) groups excluding carboxylic acids is 1. The Morgan fingerprint density at radius 3 is 2.90 bits per heavy atom. The highest BCUT2D eigenvalue weighted by Gasteiger charge is 2.12. The third kappa shape index (κ3) is 3.16. The smallest absolute Gasteiger partial charge is 0.267 e. The van der Waals surface area contributed by atoms with Crippen LogP contribution < -0.4 is 5.32 Å². The Bertz CT molecular complexity index is 695. The van der Waals surface area contributed by atoms with E-state index in [0.29, 0.717) is 5.69 Å². The third-order valence-electron chi connectivity index (χ3n) is 3.56. The summed E-state index contributed by atoms with van der Waals surface area (Å²) in [6.07, 6.45) is 3.34. The summed E-state index contributed by atoms with van der Waals surface area (Å²) in [7, 11) is 0. The number of hydrogen-bond donors (Lipinski definition) is 2. The number of aromatic nitrogens is 1. The number of furan rings is 1. The van der Waals surface area contributed by atoms with E-state index in [0.717, 1.165) is 29.5 Å². The van der Waals surface area contributed by atoms with E-state index >= 15 is 0 Å². The Balaban J connectivity index is 1.60. The van der Waals surface area contributed by atoms with Crippen molar-refractivity contribution >= 4 is 16.8 Å². The molecule has 0 radical (unpaired) electrons. The van der Waals surface area contributed by atoms with Gasteiger partial charge in [-0.3, -0.25) is 4.79 Å². The van der Waals surface area contributed by atoms with Gasteiger partial charge in [-0.2, -0.15) is 0 Å². The van der Waals surface area contributed by atoms with Crippen molar-refractivity contribution < 1.29 is 9.21 Å². The second kappa shape index (κ2) is 5.87. The second-order valence-corrected chi connectivity index (χ2v) is 5.26. The van der Waals surface area contributed by atoms with Gasteiger partial charge in [0.1, 0.15) is 11.5 Å². The molecular weight excluding hydrogens is 264 g/mol. The van der Waals surface area contributed by atoms with E-state index in [1.165, 1.54) is 0 Å². The van der Waals surface area contributed by atoms with Gasteiger partial charge in [-0.25, -0.2) is 0 Å². The Hall–Kier alpha value is -2.49. The van der Waals surface area contributed by atoms with Gasteiger partial charge in [0.25, 0.3) is 5.91 Å². The van der Waals surface area contributed by atoms with E-state index in [1.54, 1.807) is 6.26 Å². The quantitative estimate of drug-likeness (QED) is 0.752. The van der Waals surface area contributed by atoms with Crippen molar-refractivity contribution in [2.45, 2.75) is 25.8 Å². The fourth-order valence-electron chi connectivity index (χ4n) is 2.38. The van der Waals surface area contributed by atoms with Gasteiger partial charge in [0.15, 0.2) is 0 Å². The molecule has 21 heavy (non-hydrogen) atoms. The molecule has 0 aliphatic carbocycles. The highest BCUT2D eigenvalue weighted by Crippen LogP contribution is 2.15. The van der Waals surface area contributed by atoms with E-state index < -0.39 is 0 Å². The summed E-state index contributed by atoms with van der Waals surface area (Å²) in [6.45, 7) is 2.00. The van der Waals surface area contributed by atoms with Gasteiger partial charge >= 0.3 is 0 Å². The van der Waals surface area contributed by atoms with Crippen LogP contribution in [0.25, 0.3) is 10.9 Å². The Kier molecular flexibility index (Phi) is 3.77. The molecule has 3 aromatic rings. The molecular formula is C17H18N2O2. The second-order valence-electron chi connectivity index (χ2n) is 5.26. The number of H-pyrrole nitrogens is 1. The number of hydrogen-bond acceptors (Lipinski definition) is 2. The van der Waals surface area contributed by atoms with Gasteiger partial charge in [0.2, 0.25) is 0 Å². The molecule has 1 amide bonds. The standard InChI is InChI=1S/C17H18N2O2/c1-12(8-9-14-6-4-10-21-14)18-17(20)16-11-13-5-2-3-7-15(13)19-16/h2-7,10-12,19H,8-9H2,1H3,(H,18,20). The van der Waals surface area contributed by atoms with Gasteiger partial charge < -0.3 is 14.7 Å². The molecule has 3 rings (SSSR count). The van der Waals surface area contributed by atoms with Crippen molar-refractivity contribution in [2.24, 2.45) is 0 Å². The molecule has 0 saturated heterocycles. The lowest BCUT2D eigenvalue weighted by molar-refractivity contribution is 0.0934. The molecule has 1 unspecified atom stereocenters. The van der Waals surface area contributed by atoms with Crippen molar-refractivity contribution in [1.82, 2.24) is 10.3 Å². The molecule has 0 spiro atoms. The predicted molar refractivity (Wildman–Crippen MR) is 82.3 cm³/mol. The van der Waals surface area contributed by atoms with Crippen molar-refractivity contribution in [3.63, 3.8) is 0 Å². The molecule has 1 aromatic carbocycles. The maximum Gasteiger partial charge on any atom is 0.267 e. The fourth-order valence-corrected chi connectivity index (χ4v) is 2.38. The number of benzene rings is 1. The van der Waals surface area contributed by atoms with Crippen LogP contribution in [0.15, 0.2) is 53.1 Å². The van der Waals surface area contributed by atoms with Crippen molar-refractivity contribution in [1.29, 1.82) is 0 Å². The van der Waals surface area contributed by atoms with Crippen molar-refractivity contribution in [2.75, 3.05) is 0 Å². The van der Waals surface area contributed by atoms with Gasteiger partial charge in [-0.05, 0) is 37.6 Å². The normalized spacial score (nSPS) is 12.4. The summed E-state index contributed by atoms with van der Waals surface area (Å²) in [6, 6.07) is 13.7. The van der Waals surface area contributed by atoms with E-state index in [2.05, 4.69) is 10.3 Å². The first-order valence-corrected chi connectivity index (χ1v) is 7.13. The molecule has 1 atom stereocenters. The van der Waals surface area contributed by atoms with Crippen LogP contribution >= 0.6 is 0 Å². The average Bonchev–Trinajstić information content (AvgIpc) is 3.14. The SMILES string of the molecule is CC(CCc1ccco1)NC(=O)c1cc2ccccc2[nH]1. The average molecular weight is 282 g/mol. The minimum Gasteiger partial charge on any atom is -0.469 e. The molecule has 2 heterocycles. The minimum absolute atomic E-state index is 0.0712. The molecule has 0 aliphatic heterocycles. The third-order valence-corrected chi connectivity index (χ3v) is 3.56. The van der Waals surface area contributed by atoms with Crippen LogP contribution in [-0.2, 0) is 6.42 Å². The molecule has 0 saturated carbocycles. The number of rotatable bonds is 5. The Morgan fingerprint density at radius 1 is 1.29 bits per heavy atom. The van der Waals surface area contributed by atoms with E-state index in [-0.39, 0.29) is 11.9 Å². The fraction of sp³-hybridized carbons (Fsp3) is 0.235. The molecule has 108 valence electrons. The van der Waals surface area contributed by atoms with Crippen LogP contribution in [0.1, 0.15) is 29.6 Å². The number of fused-ring (bicyclic) bond motifs is 1. The number of nitrogens with one attached hydrogen (secondary N) is 2. The van der Waals surface area contributed by atoms with E-state index in [1.807, 2.05) is 49.4 Å². The largest absolute Gasteiger partial charge is 0.469 e. The summed E-state index contributed by atoms with van der Waals surface area (Å²) in [5.41, 5.74) is 1.58. The monoisotopic (exact) mass is 282 g/mol.